The Kier molecular flexibility index (Phi) is 6.39. The van der Waals surface area contributed by atoms with Crippen molar-refractivity contribution in [3.05, 3.63) is 81.9 Å². The molecule has 35 heavy (non-hydrogen) atoms. The second-order valence-corrected chi connectivity index (χ2v) is 9.76. The van der Waals surface area contributed by atoms with Crippen molar-refractivity contribution in [3.63, 3.8) is 0 Å². The van der Waals surface area contributed by atoms with Gasteiger partial charge in [-0.2, -0.15) is 4.39 Å². The molecule has 0 aliphatic carbocycles. The number of amides is 1. The number of hydrogen-bond acceptors (Lipinski definition) is 5. The third kappa shape index (κ3) is 4.40. The number of aromatic carboxylic acids is 1. The van der Waals surface area contributed by atoms with Gasteiger partial charge in [-0.1, -0.05) is 17.7 Å². The summed E-state index contributed by atoms with van der Waals surface area (Å²) >= 11 is 5.93. The number of carbonyl (C=O) groups is 2. The van der Waals surface area contributed by atoms with Crippen molar-refractivity contribution in [1.82, 2.24) is 0 Å². The number of nitrogens with one attached hydrogen (secondary N) is 1. The highest BCUT2D eigenvalue weighted by atomic mass is 35.5. The molecule has 4 rings (SSSR count). The molecular weight excluding hydrogens is 506 g/mol. The number of methoxy groups -OCH3 is 1. The molecule has 3 aromatic rings. The fourth-order valence-corrected chi connectivity index (χ4v) is 5.52. The number of rotatable bonds is 6. The first-order valence-electron chi connectivity index (χ1n) is 10.1. The fourth-order valence-electron chi connectivity index (χ4n) is 3.70. The lowest BCUT2D eigenvalue weighted by atomic mass is 10.1. The topological polar surface area (TPSA) is 113 Å². The van der Waals surface area contributed by atoms with Crippen LogP contribution >= 0.6 is 11.6 Å². The Labute approximate surface area is 203 Å². The number of anilines is 2. The van der Waals surface area contributed by atoms with Crippen LogP contribution < -0.4 is 14.4 Å². The van der Waals surface area contributed by atoms with Crippen molar-refractivity contribution in [1.29, 1.82) is 0 Å². The van der Waals surface area contributed by atoms with Crippen molar-refractivity contribution in [2.45, 2.75) is 11.3 Å². The highest BCUT2D eigenvalue weighted by Gasteiger charge is 2.35. The Morgan fingerprint density at radius 3 is 2.49 bits per heavy atom. The summed E-state index contributed by atoms with van der Waals surface area (Å²) in [6.07, 6.45) is 0.309. The molecular formula is C23H17ClF2N2O6S. The second-order valence-electron chi connectivity index (χ2n) is 7.52. The molecule has 0 saturated carbocycles. The van der Waals surface area contributed by atoms with Crippen LogP contribution in [-0.4, -0.2) is 39.1 Å². The molecule has 2 N–H and O–H groups in total. The smallest absolute Gasteiger partial charge is 0.337 e. The van der Waals surface area contributed by atoms with Gasteiger partial charge in [0, 0.05) is 17.8 Å². The molecule has 0 unspecified atom stereocenters. The molecule has 0 radical (unpaired) electrons. The van der Waals surface area contributed by atoms with Crippen LogP contribution in [0.4, 0.5) is 20.2 Å². The van der Waals surface area contributed by atoms with Crippen LogP contribution in [0.5, 0.6) is 5.75 Å². The van der Waals surface area contributed by atoms with E-state index in [1.165, 1.54) is 30.3 Å². The molecule has 0 fully saturated rings. The number of carboxylic acid groups (broad SMARTS) is 1. The van der Waals surface area contributed by atoms with Crippen LogP contribution in [0.2, 0.25) is 5.02 Å². The van der Waals surface area contributed by atoms with Crippen LogP contribution in [0, 0.1) is 11.6 Å². The van der Waals surface area contributed by atoms with Crippen molar-refractivity contribution in [3.8, 4) is 5.75 Å². The van der Waals surface area contributed by atoms with Gasteiger partial charge in [0.05, 0.1) is 23.4 Å². The van der Waals surface area contributed by atoms with Gasteiger partial charge in [0.1, 0.15) is 4.90 Å². The quantitative estimate of drug-likeness (QED) is 0.498. The predicted octanol–water partition coefficient (Wildman–Crippen LogP) is 4.33. The van der Waals surface area contributed by atoms with Crippen molar-refractivity contribution >= 4 is 44.9 Å². The van der Waals surface area contributed by atoms with E-state index in [2.05, 4.69) is 10.1 Å². The monoisotopic (exact) mass is 522 g/mol. The predicted molar refractivity (Wildman–Crippen MR) is 124 cm³/mol. The summed E-state index contributed by atoms with van der Waals surface area (Å²) in [5.74, 6) is -5.25. The van der Waals surface area contributed by atoms with Gasteiger partial charge in [-0.15, -0.1) is 0 Å². The van der Waals surface area contributed by atoms with E-state index in [0.29, 0.717) is 12.0 Å². The van der Waals surface area contributed by atoms with Gasteiger partial charge in [-0.05, 0) is 54.4 Å². The average Bonchev–Trinajstić information content (AvgIpc) is 3.24. The van der Waals surface area contributed by atoms with Crippen molar-refractivity contribution in [2.75, 3.05) is 23.3 Å². The zero-order valence-corrected chi connectivity index (χ0v) is 19.6. The molecule has 1 aliphatic heterocycles. The van der Waals surface area contributed by atoms with Crippen LogP contribution in [0.3, 0.4) is 0 Å². The van der Waals surface area contributed by atoms with Crippen LogP contribution in [0.25, 0.3) is 0 Å². The number of ether oxygens (including phenoxy) is 1. The van der Waals surface area contributed by atoms with E-state index in [9.17, 15) is 26.8 Å². The number of carbonyl (C=O) groups excluding carboxylic acids is 1. The molecule has 0 bridgehead atoms. The molecule has 1 amide bonds. The normalized spacial score (nSPS) is 12.9. The zero-order valence-electron chi connectivity index (χ0n) is 18.0. The number of nitrogens with zero attached hydrogens (tertiary/aromatic N) is 1. The minimum atomic E-state index is -4.49. The van der Waals surface area contributed by atoms with E-state index in [-0.39, 0.29) is 34.1 Å². The Morgan fingerprint density at radius 1 is 1.09 bits per heavy atom. The van der Waals surface area contributed by atoms with Gasteiger partial charge >= 0.3 is 5.97 Å². The molecule has 8 nitrogen and oxygen atoms in total. The molecule has 0 aromatic heterocycles. The average molecular weight is 523 g/mol. The van der Waals surface area contributed by atoms with Crippen LogP contribution in [0.15, 0.2) is 53.4 Å². The van der Waals surface area contributed by atoms with Crippen molar-refractivity contribution < 1.29 is 36.6 Å². The molecule has 182 valence electrons. The number of carboxylic acids is 1. The van der Waals surface area contributed by atoms with Crippen LogP contribution in [-0.2, 0) is 16.4 Å². The molecule has 0 saturated heterocycles. The molecule has 12 heteroatoms. The van der Waals surface area contributed by atoms with Gasteiger partial charge in [0.25, 0.3) is 15.9 Å². The van der Waals surface area contributed by atoms with Crippen LogP contribution in [0.1, 0.15) is 26.3 Å². The lowest BCUT2D eigenvalue weighted by molar-refractivity contribution is 0.0697. The zero-order chi connectivity index (χ0) is 25.5. The third-order valence-corrected chi connectivity index (χ3v) is 7.60. The van der Waals surface area contributed by atoms with Gasteiger partial charge in [0.15, 0.2) is 11.6 Å². The van der Waals surface area contributed by atoms with Gasteiger partial charge in [-0.25, -0.2) is 17.6 Å². The molecule has 0 atom stereocenters. The second kappa shape index (κ2) is 9.16. The first-order chi connectivity index (χ1) is 16.5. The molecule has 0 spiro atoms. The molecule has 1 heterocycles. The molecule has 1 aliphatic rings. The highest BCUT2D eigenvalue weighted by molar-refractivity contribution is 7.92. The van der Waals surface area contributed by atoms with Gasteiger partial charge in [-0.3, -0.25) is 9.10 Å². The van der Waals surface area contributed by atoms with E-state index < -0.39 is 44.2 Å². The minimum absolute atomic E-state index is 0.0257. The first kappa shape index (κ1) is 24.4. The summed E-state index contributed by atoms with van der Waals surface area (Å²) in [5.41, 5.74) is 0.947. The summed E-state index contributed by atoms with van der Waals surface area (Å²) in [5, 5.41) is 11.6. The molecule has 3 aromatic carbocycles. The Morgan fingerprint density at radius 2 is 1.83 bits per heavy atom. The standard InChI is InChI=1S/C23H17ClF2N2O6S/c1-34-18-6-7-19(21(26)20(18)25)35(32,33)28-9-8-12-2-3-13(10-17(12)28)22(29)27-14-4-5-15(23(30)31)16(24)11-14/h2-7,10-11H,8-9H2,1H3,(H,27,29)(H,30,31). The number of fused-ring (bicyclic) bond motifs is 1. The maximum atomic E-state index is 14.6. The van der Waals surface area contributed by atoms with E-state index in [0.717, 1.165) is 23.5 Å². The third-order valence-electron chi connectivity index (χ3n) is 5.46. The summed E-state index contributed by atoms with van der Waals surface area (Å²) < 4.78 is 60.7. The minimum Gasteiger partial charge on any atom is -0.494 e. The summed E-state index contributed by atoms with van der Waals surface area (Å²) in [4.78, 5) is 23.0. The van der Waals surface area contributed by atoms with Crippen molar-refractivity contribution in [2.24, 2.45) is 0 Å². The van der Waals surface area contributed by atoms with E-state index in [1.807, 2.05) is 0 Å². The maximum absolute atomic E-state index is 14.6. The largest absolute Gasteiger partial charge is 0.494 e. The van der Waals surface area contributed by atoms with Gasteiger partial charge < -0.3 is 15.2 Å². The Hall–Kier alpha value is -3.70. The number of halogens is 3. The number of sulfonamides is 1. The Balaban J connectivity index is 1.64. The fraction of sp³-hybridized carbons (Fsp3) is 0.130. The van der Waals surface area contributed by atoms with Gasteiger partial charge in [0.2, 0.25) is 5.82 Å². The lowest BCUT2D eigenvalue weighted by Crippen LogP contribution is -2.30. The maximum Gasteiger partial charge on any atom is 0.337 e. The summed E-state index contributed by atoms with van der Waals surface area (Å²) in [7, 11) is -3.36. The highest BCUT2D eigenvalue weighted by Crippen LogP contribution is 2.36. The first-order valence-corrected chi connectivity index (χ1v) is 11.9. The number of hydrogen-bond donors (Lipinski definition) is 2. The number of benzene rings is 3. The SMILES string of the molecule is COc1ccc(S(=O)(=O)N2CCc3ccc(C(=O)Nc4ccc(C(=O)O)c(Cl)c4)cc32)c(F)c1F. The Bertz CT molecular complexity index is 1480. The lowest BCUT2D eigenvalue weighted by Gasteiger charge is -2.21. The summed E-state index contributed by atoms with van der Waals surface area (Å²) in [6.45, 7) is -0.0257. The summed E-state index contributed by atoms with van der Waals surface area (Å²) in [6, 6.07) is 10.2. The van der Waals surface area contributed by atoms with E-state index in [1.54, 1.807) is 6.07 Å². The van der Waals surface area contributed by atoms with E-state index >= 15 is 0 Å². The van der Waals surface area contributed by atoms with E-state index in [4.69, 9.17) is 16.7 Å².